The van der Waals surface area contributed by atoms with Crippen molar-refractivity contribution in [2.45, 2.75) is 46.6 Å². The summed E-state index contributed by atoms with van der Waals surface area (Å²) in [4.78, 5) is 22.6. The van der Waals surface area contributed by atoms with E-state index >= 15 is 0 Å². The fraction of sp³-hybridized carbons (Fsp3) is 0.583. The molecule has 1 aromatic rings. The summed E-state index contributed by atoms with van der Waals surface area (Å²) in [6.07, 6.45) is -0.750. The number of carboxylic acids is 1. The minimum Gasteiger partial charge on any atom is -0.481 e. The highest BCUT2D eigenvalue weighted by molar-refractivity contribution is 5.74. The molecule has 0 spiro atoms. The number of carboxylic acid groups (broad SMARTS) is 1. The number of carbonyl (C=O) groups excluding carboxylic acids is 1. The van der Waals surface area contributed by atoms with Gasteiger partial charge in [0.05, 0.1) is 17.8 Å². The first kappa shape index (κ1) is 14.2. The van der Waals surface area contributed by atoms with Gasteiger partial charge in [-0.15, -0.1) is 0 Å². The largest absolute Gasteiger partial charge is 0.481 e. The third-order valence-corrected chi connectivity index (χ3v) is 2.34. The minimum absolute atomic E-state index is 0.152. The maximum Gasteiger partial charge on any atom is 0.435 e. The Balaban J connectivity index is 3.05. The van der Waals surface area contributed by atoms with Crippen LogP contribution in [0.4, 0.5) is 4.79 Å². The predicted octanol–water partition coefficient (Wildman–Crippen LogP) is 1.91. The summed E-state index contributed by atoms with van der Waals surface area (Å²) < 4.78 is 6.30. The van der Waals surface area contributed by atoms with Crippen LogP contribution >= 0.6 is 0 Å². The van der Waals surface area contributed by atoms with E-state index in [0.29, 0.717) is 17.0 Å². The molecule has 1 rings (SSSR count). The number of hydrogen-bond acceptors (Lipinski definition) is 4. The van der Waals surface area contributed by atoms with Gasteiger partial charge in [0.25, 0.3) is 0 Å². The van der Waals surface area contributed by atoms with Crippen LogP contribution in [0.2, 0.25) is 0 Å². The van der Waals surface area contributed by atoms with Crippen molar-refractivity contribution >= 4 is 12.1 Å². The van der Waals surface area contributed by atoms with Gasteiger partial charge in [-0.25, -0.2) is 4.79 Å². The van der Waals surface area contributed by atoms with Crippen molar-refractivity contribution in [1.29, 1.82) is 0 Å². The van der Waals surface area contributed by atoms with E-state index in [0.717, 1.165) is 4.68 Å². The third-order valence-electron chi connectivity index (χ3n) is 2.34. The molecule has 0 bridgehead atoms. The molecule has 6 nitrogen and oxygen atoms in total. The first-order valence-corrected chi connectivity index (χ1v) is 5.62. The van der Waals surface area contributed by atoms with E-state index in [9.17, 15) is 9.59 Å². The Morgan fingerprint density at radius 3 is 2.33 bits per heavy atom. The molecule has 0 fully saturated rings. The van der Waals surface area contributed by atoms with Crippen LogP contribution in [-0.4, -0.2) is 32.6 Å². The highest BCUT2D eigenvalue weighted by Gasteiger charge is 2.23. The zero-order valence-corrected chi connectivity index (χ0v) is 11.3. The predicted molar refractivity (Wildman–Crippen MR) is 64.7 cm³/mol. The Morgan fingerprint density at radius 1 is 1.33 bits per heavy atom. The van der Waals surface area contributed by atoms with Crippen LogP contribution in [0.15, 0.2) is 0 Å². The molecule has 1 heterocycles. The molecule has 1 N–H and O–H groups in total. The van der Waals surface area contributed by atoms with E-state index in [2.05, 4.69) is 5.10 Å². The molecule has 1 aromatic heterocycles. The normalized spacial score (nSPS) is 11.4. The van der Waals surface area contributed by atoms with Gasteiger partial charge in [-0.3, -0.25) is 4.79 Å². The molecular formula is C12H18N2O4. The molecule has 0 aliphatic carbocycles. The monoisotopic (exact) mass is 254 g/mol. The quantitative estimate of drug-likeness (QED) is 0.871. The first-order valence-electron chi connectivity index (χ1n) is 5.62. The number of aryl methyl sites for hydroxylation is 1. The van der Waals surface area contributed by atoms with Crippen molar-refractivity contribution in [2.75, 3.05) is 0 Å². The molecule has 0 saturated carbocycles. The lowest BCUT2D eigenvalue weighted by Gasteiger charge is -2.19. The SMILES string of the molecule is Cc1nn(C(=O)OC(C)(C)C)c(C)c1CC(=O)O. The highest BCUT2D eigenvalue weighted by Crippen LogP contribution is 2.16. The van der Waals surface area contributed by atoms with E-state index in [1.54, 1.807) is 34.6 Å². The van der Waals surface area contributed by atoms with Crippen LogP contribution in [0, 0.1) is 13.8 Å². The summed E-state index contributed by atoms with van der Waals surface area (Å²) in [6, 6.07) is 0. The third kappa shape index (κ3) is 3.32. The minimum atomic E-state index is -0.954. The molecule has 100 valence electrons. The fourth-order valence-electron chi connectivity index (χ4n) is 1.56. The lowest BCUT2D eigenvalue weighted by molar-refractivity contribution is -0.136. The molecule has 0 atom stereocenters. The van der Waals surface area contributed by atoms with Crippen molar-refractivity contribution in [2.24, 2.45) is 0 Å². The number of ether oxygens (including phenoxy) is 1. The smallest absolute Gasteiger partial charge is 0.435 e. The first-order chi connectivity index (χ1) is 8.11. The fourth-order valence-corrected chi connectivity index (χ4v) is 1.56. The average molecular weight is 254 g/mol. The van der Waals surface area contributed by atoms with Crippen molar-refractivity contribution in [3.63, 3.8) is 0 Å². The number of nitrogens with zero attached hydrogens (tertiary/aromatic N) is 2. The Kier molecular flexibility index (Phi) is 3.79. The molecule has 0 amide bonds. The zero-order chi connectivity index (χ0) is 14.1. The Morgan fingerprint density at radius 2 is 1.89 bits per heavy atom. The van der Waals surface area contributed by atoms with Gasteiger partial charge >= 0.3 is 12.1 Å². The van der Waals surface area contributed by atoms with Crippen LogP contribution in [0.3, 0.4) is 0 Å². The standard InChI is InChI=1S/C12H18N2O4/c1-7-9(6-10(15)16)8(2)14(13-7)11(17)18-12(3,4)5/h6H2,1-5H3,(H,15,16). The summed E-state index contributed by atoms with van der Waals surface area (Å²) in [5, 5.41) is 12.8. The van der Waals surface area contributed by atoms with Crippen molar-refractivity contribution in [1.82, 2.24) is 9.78 Å². The number of aliphatic carboxylic acids is 1. The van der Waals surface area contributed by atoms with Gasteiger partial charge in [0.1, 0.15) is 5.60 Å². The number of aromatic nitrogens is 2. The van der Waals surface area contributed by atoms with E-state index < -0.39 is 17.7 Å². The molecular weight excluding hydrogens is 236 g/mol. The number of rotatable bonds is 2. The van der Waals surface area contributed by atoms with Gasteiger partial charge in [-0.05, 0) is 34.6 Å². The van der Waals surface area contributed by atoms with E-state index in [1.165, 1.54) is 0 Å². The van der Waals surface area contributed by atoms with Crippen LogP contribution < -0.4 is 0 Å². The van der Waals surface area contributed by atoms with Gasteiger partial charge in [0.2, 0.25) is 0 Å². The Hall–Kier alpha value is -1.85. The summed E-state index contributed by atoms with van der Waals surface area (Å²) in [5.41, 5.74) is 0.967. The average Bonchev–Trinajstić information content (AvgIpc) is 2.42. The lowest BCUT2D eigenvalue weighted by atomic mass is 10.1. The van der Waals surface area contributed by atoms with Crippen LogP contribution in [0.5, 0.6) is 0 Å². The van der Waals surface area contributed by atoms with Gasteiger partial charge in [-0.2, -0.15) is 9.78 Å². The second kappa shape index (κ2) is 4.80. The van der Waals surface area contributed by atoms with Crippen molar-refractivity contribution < 1.29 is 19.4 Å². The number of hydrogen-bond donors (Lipinski definition) is 1. The van der Waals surface area contributed by atoms with E-state index in [4.69, 9.17) is 9.84 Å². The number of carbonyl (C=O) groups is 2. The van der Waals surface area contributed by atoms with Gasteiger partial charge in [0, 0.05) is 5.56 Å². The second-order valence-electron chi connectivity index (χ2n) is 5.11. The second-order valence-corrected chi connectivity index (χ2v) is 5.11. The molecule has 18 heavy (non-hydrogen) atoms. The van der Waals surface area contributed by atoms with Gasteiger partial charge in [-0.1, -0.05) is 0 Å². The molecule has 0 saturated heterocycles. The maximum atomic E-state index is 11.9. The van der Waals surface area contributed by atoms with Crippen molar-refractivity contribution in [3.05, 3.63) is 17.0 Å². The molecule has 0 unspecified atom stereocenters. The lowest BCUT2D eigenvalue weighted by Crippen LogP contribution is -2.28. The highest BCUT2D eigenvalue weighted by atomic mass is 16.6. The zero-order valence-electron chi connectivity index (χ0n) is 11.3. The van der Waals surface area contributed by atoms with Gasteiger partial charge < -0.3 is 9.84 Å². The van der Waals surface area contributed by atoms with E-state index in [1.807, 2.05) is 0 Å². The summed E-state index contributed by atoms with van der Waals surface area (Å²) in [5.74, 6) is -0.954. The molecule has 6 heteroatoms. The summed E-state index contributed by atoms with van der Waals surface area (Å²) >= 11 is 0. The molecule has 0 aliphatic rings. The Labute approximate surface area is 106 Å². The van der Waals surface area contributed by atoms with Crippen LogP contribution in [0.1, 0.15) is 37.7 Å². The van der Waals surface area contributed by atoms with Gasteiger partial charge in [0.15, 0.2) is 0 Å². The van der Waals surface area contributed by atoms with E-state index in [-0.39, 0.29) is 6.42 Å². The van der Waals surface area contributed by atoms with Crippen LogP contribution in [0.25, 0.3) is 0 Å². The van der Waals surface area contributed by atoms with Crippen molar-refractivity contribution in [3.8, 4) is 0 Å². The molecule has 0 radical (unpaired) electrons. The summed E-state index contributed by atoms with van der Waals surface area (Å²) in [7, 11) is 0. The topological polar surface area (TPSA) is 81.4 Å². The Bertz CT molecular complexity index is 483. The summed E-state index contributed by atoms with van der Waals surface area (Å²) in [6.45, 7) is 8.60. The molecule has 0 aromatic carbocycles. The molecule has 0 aliphatic heterocycles. The maximum absolute atomic E-state index is 11.9. The van der Waals surface area contributed by atoms with Crippen LogP contribution in [-0.2, 0) is 16.0 Å².